The molecule has 3 nitrogen and oxygen atoms in total. The van der Waals surface area contributed by atoms with E-state index >= 15 is 0 Å². The van der Waals surface area contributed by atoms with Crippen LogP contribution in [0.25, 0.3) is 5.69 Å². The number of benzene rings is 1. The van der Waals surface area contributed by atoms with Gasteiger partial charge in [0.25, 0.3) is 0 Å². The average Bonchev–Trinajstić information content (AvgIpc) is 2.83. The molecule has 2 aromatic rings. The predicted molar refractivity (Wildman–Crippen MR) is 62.7 cm³/mol. The van der Waals surface area contributed by atoms with E-state index in [0.717, 1.165) is 12.0 Å². The molecule has 0 bridgehead atoms. The molecule has 1 aromatic carbocycles. The Balaban J connectivity index is 2.42. The van der Waals surface area contributed by atoms with Crippen molar-refractivity contribution < 1.29 is 4.79 Å². The quantitative estimate of drug-likeness (QED) is 0.733. The summed E-state index contributed by atoms with van der Waals surface area (Å²) in [5.74, 6) is 0.232. The van der Waals surface area contributed by atoms with E-state index in [2.05, 4.69) is 18.0 Å². The number of carbonyl (C=O) groups excluding carboxylic acids is 1. The first kappa shape index (κ1) is 10.6. The molecule has 1 atom stereocenters. The summed E-state index contributed by atoms with van der Waals surface area (Å²) in [4.78, 5) is 14.6. The number of hydrogen-bond donors (Lipinski definition) is 0. The number of aldehydes is 1. The minimum Gasteiger partial charge on any atom is -0.306 e. The zero-order valence-electron chi connectivity index (χ0n) is 9.21. The van der Waals surface area contributed by atoms with Gasteiger partial charge in [-0.1, -0.05) is 25.1 Å². The summed E-state index contributed by atoms with van der Waals surface area (Å²) < 4.78 is 1.97. The molecule has 0 fully saturated rings. The monoisotopic (exact) mass is 214 g/mol. The second kappa shape index (κ2) is 4.75. The third kappa shape index (κ3) is 2.03. The molecule has 0 N–H and O–H groups in total. The lowest BCUT2D eigenvalue weighted by Crippen LogP contribution is -2.01. The second-order valence-electron chi connectivity index (χ2n) is 3.83. The summed E-state index contributed by atoms with van der Waals surface area (Å²) in [5, 5.41) is 0. The average molecular weight is 214 g/mol. The van der Waals surface area contributed by atoms with Crippen molar-refractivity contribution in [1.29, 1.82) is 0 Å². The van der Waals surface area contributed by atoms with Gasteiger partial charge in [-0.3, -0.25) is 0 Å². The van der Waals surface area contributed by atoms with Gasteiger partial charge in [-0.25, -0.2) is 4.98 Å². The Morgan fingerprint density at radius 3 is 2.94 bits per heavy atom. The zero-order chi connectivity index (χ0) is 11.4. The number of aromatic nitrogens is 2. The van der Waals surface area contributed by atoms with E-state index in [1.807, 2.05) is 29.0 Å². The molecule has 16 heavy (non-hydrogen) atoms. The second-order valence-corrected chi connectivity index (χ2v) is 3.83. The Morgan fingerprint density at radius 2 is 2.25 bits per heavy atom. The van der Waals surface area contributed by atoms with Gasteiger partial charge < -0.3 is 9.36 Å². The molecule has 0 aliphatic heterocycles. The van der Waals surface area contributed by atoms with Crippen molar-refractivity contribution in [2.24, 2.45) is 0 Å². The van der Waals surface area contributed by atoms with Gasteiger partial charge in [0, 0.05) is 24.5 Å². The fraction of sp³-hybridized carbons (Fsp3) is 0.231. The minimum atomic E-state index is 0.232. The summed E-state index contributed by atoms with van der Waals surface area (Å²) in [6, 6.07) is 8.09. The predicted octanol–water partition coefficient (Wildman–Crippen LogP) is 2.56. The van der Waals surface area contributed by atoms with Crippen molar-refractivity contribution in [2.45, 2.75) is 19.3 Å². The Morgan fingerprint density at radius 1 is 1.44 bits per heavy atom. The maximum Gasteiger partial charge on any atom is 0.120 e. The fourth-order valence-corrected chi connectivity index (χ4v) is 1.81. The Labute approximate surface area is 94.7 Å². The molecule has 0 radical (unpaired) electrons. The maximum atomic E-state index is 10.6. The lowest BCUT2D eigenvalue weighted by molar-refractivity contribution is -0.108. The largest absolute Gasteiger partial charge is 0.306 e. The molecule has 82 valence electrons. The van der Waals surface area contributed by atoms with Crippen molar-refractivity contribution >= 4 is 6.29 Å². The van der Waals surface area contributed by atoms with Gasteiger partial charge in [-0.15, -0.1) is 0 Å². The van der Waals surface area contributed by atoms with Crippen LogP contribution >= 0.6 is 0 Å². The first-order chi connectivity index (χ1) is 7.83. The number of hydrogen-bond acceptors (Lipinski definition) is 2. The molecule has 1 unspecified atom stereocenters. The van der Waals surface area contributed by atoms with Crippen LogP contribution < -0.4 is 0 Å². The van der Waals surface area contributed by atoms with E-state index in [4.69, 9.17) is 0 Å². The van der Waals surface area contributed by atoms with Crippen LogP contribution in [0.4, 0.5) is 0 Å². The highest BCUT2D eigenvalue weighted by Gasteiger charge is 2.10. The number of nitrogens with zero attached hydrogens (tertiary/aromatic N) is 2. The van der Waals surface area contributed by atoms with Crippen LogP contribution in [0.3, 0.4) is 0 Å². The number of para-hydroxylation sites is 1. The number of rotatable bonds is 4. The van der Waals surface area contributed by atoms with Crippen LogP contribution in [0.15, 0.2) is 43.0 Å². The normalized spacial score (nSPS) is 12.3. The van der Waals surface area contributed by atoms with Crippen molar-refractivity contribution in [1.82, 2.24) is 9.55 Å². The third-order valence-corrected chi connectivity index (χ3v) is 2.70. The van der Waals surface area contributed by atoms with Crippen LogP contribution in [0.2, 0.25) is 0 Å². The molecule has 2 rings (SSSR count). The highest BCUT2D eigenvalue weighted by atomic mass is 16.1. The van der Waals surface area contributed by atoms with Crippen molar-refractivity contribution in [2.75, 3.05) is 0 Å². The van der Waals surface area contributed by atoms with Gasteiger partial charge in [0.15, 0.2) is 0 Å². The van der Waals surface area contributed by atoms with Crippen LogP contribution in [-0.2, 0) is 4.79 Å². The summed E-state index contributed by atoms with van der Waals surface area (Å²) in [7, 11) is 0. The molecule has 3 heteroatoms. The van der Waals surface area contributed by atoms with Crippen LogP contribution in [0.1, 0.15) is 24.8 Å². The van der Waals surface area contributed by atoms with E-state index in [0.29, 0.717) is 6.42 Å². The molecule has 0 amide bonds. The lowest BCUT2D eigenvalue weighted by atomic mass is 9.96. The summed E-state index contributed by atoms with van der Waals surface area (Å²) >= 11 is 0. The molecule has 0 spiro atoms. The van der Waals surface area contributed by atoms with Crippen molar-refractivity contribution in [3.8, 4) is 5.69 Å². The SMILES string of the molecule is CC(CC=O)c1ccccc1-n1ccnc1. The molecule has 1 aromatic heterocycles. The molecule has 1 heterocycles. The maximum absolute atomic E-state index is 10.6. The van der Waals surface area contributed by atoms with Crippen LogP contribution in [-0.4, -0.2) is 15.8 Å². The molecule has 0 aliphatic carbocycles. The molecular weight excluding hydrogens is 200 g/mol. The van der Waals surface area contributed by atoms with Crippen LogP contribution in [0, 0.1) is 0 Å². The minimum absolute atomic E-state index is 0.232. The van der Waals surface area contributed by atoms with E-state index in [9.17, 15) is 4.79 Å². The van der Waals surface area contributed by atoms with Crippen LogP contribution in [0.5, 0.6) is 0 Å². The lowest BCUT2D eigenvalue weighted by Gasteiger charge is -2.14. The van der Waals surface area contributed by atoms with Crippen molar-refractivity contribution in [3.63, 3.8) is 0 Å². The van der Waals surface area contributed by atoms with Crippen molar-refractivity contribution in [3.05, 3.63) is 48.5 Å². The highest BCUT2D eigenvalue weighted by molar-refractivity contribution is 5.53. The van der Waals surface area contributed by atoms with E-state index in [-0.39, 0.29) is 5.92 Å². The van der Waals surface area contributed by atoms with Gasteiger partial charge in [-0.2, -0.15) is 0 Å². The first-order valence-electron chi connectivity index (χ1n) is 5.34. The van der Waals surface area contributed by atoms with Gasteiger partial charge in [-0.05, 0) is 17.5 Å². The van der Waals surface area contributed by atoms with Gasteiger partial charge in [0.05, 0.1) is 6.33 Å². The standard InChI is InChI=1S/C13H14N2O/c1-11(6-9-16)12-4-2-3-5-13(12)15-8-7-14-10-15/h2-5,7-11H,6H2,1H3. The Hall–Kier alpha value is -1.90. The number of carbonyl (C=O) groups is 1. The first-order valence-corrected chi connectivity index (χ1v) is 5.34. The topological polar surface area (TPSA) is 34.9 Å². The van der Waals surface area contributed by atoms with E-state index in [1.165, 1.54) is 5.56 Å². The fourth-order valence-electron chi connectivity index (χ4n) is 1.81. The summed E-state index contributed by atoms with van der Waals surface area (Å²) in [5.41, 5.74) is 2.27. The molecule has 0 saturated carbocycles. The Kier molecular flexibility index (Phi) is 3.15. The smallest absolute Gasteiger partial charge is 0.120 e. The van der Waals surface area contributed by atoms with Gasteiger partial charge in [0.2, 0.25) is 0 Å². The molecular formula is C13H14N2O. The Bertz CT molecular complexity index is 463. The molecule has 0 aliphatic rings. The van der Waals surface area contributed by atoms with Gasteiger partial charge >= 0.3 is 0 Å². The summed E-state index contributed by atoms with van der Waals surface area (Å²) in [6.45, 7) is 2.06. The number of imidazole rings is 1. The van der Waals surface area contributed by atoms with Gasteiger partial charge in [0.1, 0.15) is 6.29 Å². The summed E-state index contributed by atoms with van der Waals surface area (Å²) in [6.07, 6.45) is 6.95. The highest BCUT2D eigenvalue weighted by Crippen LogP contribution is 2.24. The van der Waals surface area contributed by atoms with E-state index in [1.54, 1.807) is 12.5 Å². The third-order valence-electron chi connectivity index (χ3n) is 2.70. The zero-order valence-corrected chi connectivity index (χ0v) is 9.21. The van der Waals surface area contributed by atoms with E-state index < -0.39 is 0 Å². The molecule has 0 saturated heterocycles.